The Kier molecular flexibility index (Phi) is 3.86. The highest BCUT2D eigenvalue weighted by atomic mass is 35.5. The van der Waals surface area contributed by atoms with E-state index < -0.39 is 5.82 Å². The van der Waals surface area contributed by atoms with E-state index in [0.29, 0.717) is 11.4 Å². The molecule has 0 bridgehead atoms. The molecule has 0 amide bonds. The molecule has 5 heteroatoms. The van der Waals surface area contributed by atoms with E-state index in [1.54, 1.807) is 24.4 Å². The van der Waals surface area contributed by atoms with Crippen molar-refractivity contribution in [2.75, 3.05) is 5.73 Å². The SMILES string of the molecule is Nc1ccc(SCc2cccc(F)c2Cl)nc1. The molecule has 1 aromatic heterocycles. The average Bonchev–Trinajstić information content (AvgIpc) is 2.33. The smallest absolute Gasteiger partial charge is 0.142 e. The zero-order valence-electron chi connectivity index (χ0n) is 8.86. The molecule has 1 heterocycles. The minimum atomic E-state index is -0.393. The lowest BCUT2D eigenvalue weighted by Crippen LogP contribution is -1.89. The third-order valence-electron chi connectivity index (χ3n) is 2.17. The number of aromatic nitrogens is 1. The van der Waals surface area contributed by atoms with Gasteiger partial charge in [0.2, 0.25) is 0 Å². The molecule has 0 fully saturated rings. The van der Waals surface area contributed by atoms with Gasteiger partial charge in [0.1, 0.15) is 5.82 Å². The molecule has 0 radical (unpaired) electrons. The van der Waals surface area contributed by atoms with E-state index in [2.05, 4.69) is 4.98 Å². The number of nitrogens with two attached hydrogens (primary N) is 1. The van der Waals surface area contributed by atoms with E-state index in [1.807, 2.05) is 6.07 Å². The predicted molar refractivity (Wildman–Crippen MR) is 69.6 cm³/mol. The van der Waals surface area contributed by atoms with Crippen LogP contribution in [-0.4, -0.2) is 4.98 Å². The van der Waals surface area contributed by atoms with E-state index in [0.717, 1.165) is 10.6 Å². The van der Waals surface area contributed by atoms with Crippen LogP contribution in [-0.2, 0) is 5.75 Å². The zero-order valence-corrected chi connectivity index (χ0v) is 10.4. The number of nitrogen functional groups attached to an aromatic ring is 1. The van der Waals surface area contributed by atoms with Crippen molar-refractivity contribution in [1.29, 1.82) is 0 Å². The molecule has 0 aliphatic carbocycles. The van der Waals surface area contributed by atoms with Crippen molar-refractivity contribution in [2.24, 2.45) is 0 Å². The van der Waals surface area contributed by atoms with Gasteiger partial charge < -0.3 is 5.73 Å². The van der Waals surface area contributed by atoms with Crippen LogP contribution in [0.1, 0.15) is 5.56 Å². The van der Waals surface area contributed by atoms with Gasteiger partial charge in [-0.05, 0) is 23.8 Å². The number of pyridine rings is 1. The molecule has 0 unspecified atom stereocenters. The summed E-state index contributed by atoms with van der Waals surface area (Å²) in [5, 5.41) is 1.01. The lowest BCUT2D eigenvalue weighted by Gasteiger charge is -2.04. The van der Waals surface area contributed by atoms with Crippen LogP contribution in [0.2, 0.25) is 5.02 Å². The standard InChI is InChI=1S/C12H10ClFN2S/c13-12-8(2-1-3-10(12)14)7-17-11-5-4-9(15)6-16-11/h1-6H,7,15H2. The fraction of sp³-hybridized carbons (Fsp3) is 0.0833. The van der Waals surface area contributed by atoms with Crippen LogP contribution in [0, 0.1) is 5.82 Å². The van der Waals surface area contributed by atoms with Gasteiger partial charge >= 0.3 is 0 Å². The van der Waals surface area contributed by atoms with E-state index in [9.17, 15) is 4.39 Å². The summed E-state index contributed by atoms with van der Waals surface area (Å²) in [6.07, 6.45) is 1.59. The number of thioether (sulfide) groups is 1. The van der Waals surface area contributed by atoms with Crippen LogP contribution in [0.5, 0.6) is 0 Å². The highest BCUT2D eigenvalue weighted by Gasteiger charge is 2.06. The molecule has 88 valence electrons. The number of benzene rings is 1. The van der Waals surface area contributed by atoms with Gasteiger partial charge in [-0.2, -0.15) is 0 Å². The lowest BCUT2D eigenvalue weighted by atomic mass is 10.2. The Morgan fingerprint density at radius 3 is 2.82 bits per heavy atom. The molecular weight excluding hydrogens is 259 g/mol. The first kappa shape index (κ1) is 12.2. The number of hydrogen-bond acceptors (Lipinski definition) is 3. The molecule has 0 aliphatic rings. The predicted octanol–water partition coefficient (Wildman–Crippen LogP) is 3.75. The second-order valence-corrected chi connectivity index (χ2v) is 4.80. The summed E-state index contributed by atoms with van der Waals surface area (Å²) in [5.41, 5.74) is 6.92. The summed E-state index contributed by atoms with van der Waals surface area (Å²) in [6, 6.07) is 8.40. The first-order chi connectivity index (χ1) is 8.16. The Morgan fingerprint density at radius 2 is 2.12 bits per heavy atom. The summed E-state index contributed by atoms with van der Waals surface area (Å²) in [5.74, 6) is 0.183. The number of anilines is 1. The van der Waals surface area contributed by atoms with Crippen LogP contribution in [0.3, 0.4) is 0 Å². The maximum absolute atomic E-state index is 13.2. The van der Waals surface area contributed by atoms with Gasteiger partial charge in [0, 0.05) is 5.75 Å². The monoisotopic (exact) mass is 268 g/mol. The van der Waals surface area contributed by atoms with Crippen molar-refractivity contribution < 1.29 is 4.39 Å². The van der Waals surface area contributed by atoms with Gasteiger partial charge in [-0.1, -0.05) is 23.7 Å². The number of rotatable bonds is 3. The van der Waals surface area contributed by atoms with Crippen molar-refractivity contribution in [3.63, 3.8) is 0 Å². The van der Waals surface area contributed by atoms with Crippen LogP contribution in [0.15, 0.2) is 41.6 Å². The highest BCUT2D eigenvalue weighted by Crippen LogP contribution is 2.27. The Bertz CT molecular complexity index is 516. The maximum Gasteiger partial charge on any atom is 0.142 e. The summed E-state index contributed by atoms with van der Waals surface area (Å²) < 4.78 is 13.2. The summed E-state index contributed by atoms with van der Waals surface area (Å²) in [7, 11) is 0. The van der Waals surface area contributed by atoms with Crippen LogP contribution in [0.4, 0.5) is 10.1 Å². The second kappa shape index (κ2) is 5.38. The quantitative estimate of drug-likeness (QED) is 0.862. The maximum atomic E-state index is 13.2. The van der Waals surface area contributed by atoms with Crippen LogP contribution >= 0.6 is 23.4 Å². The Labute approximate surface area is 108 Å². The largest absolute Gasteiger partial charge is 0.397 e. The second-order valence-electron chi connectivity index (χ2n) is 3.43. The average molecular weight is 269 g/mol. The van der Waals surface area contributed by atoms with Crippen molar-refractivity contribution >= 4 is 29.1 Å². The number of halogens is 2. The van der Waals surface area contributed by atoms with E-state index in [1.165, 1.54) is 17.8 Å². The van der Waals surface area contributed by atoms with E-state index in [4.69, 9.17) is 17.3 Å². The zero-order chi connectivity index (χ0) is 12.3. The third kappa shape index (κ3) is 3.11. The van der Waals surface area contributed by atoms with Crippen molar-refractivity contribution in [3.05, 3.63) is 52.9 Å². The number of hydrogen-bond donors (Lipinski definition) is 1. The first-order valence-corrected chi connectivity index (χ1v) is 6.30. The molecule has 2 aromatic rings. The van der Waals surface area contributed by atoms with Gasteiger partial charge in [-0.3, -0.25) is 0 Å². The van der Waals surface area contributed by atoms with Gasteiger partial charge in [0.15, 0.2) is 0 Å². The molecule has 2 nitrogen and oxygen atoms in total. The molecule has 0 spiro atoms. The topological polar surface area (TPSA) is 38.9 Å². The molecule has 0 saturated heterocycles. The fourth-order valence-electron chi connectivity index (χ4n) is 1.29. The Balaban J connectivity index is 2.07. The fourth-order valence-corrected chi connectivity index (χ4v) is 2.40. The third-order valence-corrected chi connectivity index (χ3v) is 3.58. The molecule has 1 aromatic carbocycles. The Morgan fingerprint density at radius 1 is 1.29 bits per heavy atom. The van der Waals surface area contributed by atoms with Gasteiger partial charge in [-0.15, -0.1) is 11.8 Å². The minimum absolute atomic E-state index is 0.176. The Hall–Kier alpha value is -1.26. The summed E-state index contributed by atoms with van der Waals surface area (Å²) in [4.78, 5) is 4.15. The van der Waals surface area contributed by atoms with Crippen molar-refractivity contribution in [2.45, 2.75) is 10.8 Å². The molecule has 0 aliphatic heterocycles. The van der Waals surface area contributed by atoms with Crippen LogP contribution in [0.25, 0.3) is 0 Å². The first-order valence-electron chi connectivity index (χ1n) is 4.94. The number of nitrogens with zero attached hydrogens (tertiary/aromatic N) is 1. The molecule has 0 atom stereocenters. The van der Waals surface area contributed by atoms with Gasteiger partial charge in [-0.25, -0.2) is 9.37 Å². The molecule has 17 heavy (non-hydrogen) atoms. The van der Waals surface area contributed by atoms with Crippen LogP contribution < -0.4 is 5.73 Å². The normalized spacial score (nSPS) is 10.5. The van der Waals surface area contributed by atoms with E-state index in [-0.39, 0.29) is 5.02 Å². The molecule has 2 rings (SSSR count). The summed E-state index contributed by atoms with van der Waals surface area (Å²) in [6.45, 7) is 0. The minimum Gasteiger partial charge on any atom is -0.397 e. The van der Waals surface area contributed by atoms with Gasteiger partial charge in [0.25, 0.3) is 0 Å². The molecule has 2 N–H and O–H groups in total. The van der Waals surface area contributed by atoms with Crippen molar-refractivity contribution in [3.8, 4) is 0 Å². The molecule has 0 saturated carbocycles. The van der Waals surface area contributed by atoms with Crippen molar-refractivity contribution in [1.82, 2.24) is 4.98 Å². The lowest BCUT2D eigenvalue weighted by molar-refractivity contribution is 0.627. The van der Waals surface area contributed by atoms with Gasteiger partial charge in [0.05, 0.1) is 21.9 Å². The highest BCUT2D eigenvalue weighted by molar-refractivity contribution is 7.98. The molecular formula is C12H10ClFN2S. The summed E-state index contributed by atoms with van der Waals surface area (Å²) >= 11 is 7.34. The van der Waals surface area contributed by atoms with E-state index >= 15 is 0 Å².